The van der Waals surface area contributed by atoms with Gasteiger partial charge in [-0.3, -0.25) is 0 Å². The number of fused-ring (bicyclic) bond motifs is 4. The number of nitrogen functional groups attached to an aromatic ring is 2. The first-order valence-corrected chi connectivity index (χ1v) is 15.0. The molecule has 46 heavy (non-hydrogen) atoms. The van der Waals surface area contributed by atoms with E-state index >= 15 is 0 Å². The van der Waals surface area contributed by atoms with Crippen molar-refractivity contribution in [2.45, 2.75) is 0 Å². The average molecular weight is 593 g/mol. The SMILES string of the molecule is Nc1cc2cc(-c3cccc4ccccc34)ccc2c(-c2c(C#CO)c(N)cc3cc(-c4cccc5ccccc45)ccc23)c1O. The summed E-state index contributed by atoms with van der Waals surface area (Å²) in [5.41, 5.74) is 19.6. The van der Waals surface area contributed by atoms with Crippen LogP contribution in [0.3, 0.4) is 0 Å². The zero-order chi connectivity index (χ0) is 31.4. The van der Waals surface area contributed by atoms with Crippen LogP contribution in [0.5, 0.6) is 5.75 Å². The largest absolute Gasteiger partial charge is 0.505 e. The Balaban J connectivity index is 1.39. The standard InChI is InChI=1S/C42H28N2O2/c43-38-23-29-21-27(33-13-5-9-25-7-1-3-11-31(25)33)15-17-35(29)40(37(38)19-20-45)41-36-18-16-28(22-30(36)24-39(44)42(41)46)34-14-6-10-26-8-2-4-12-32(26)34/h1-18,21-24,45-46H,43-44H2. The second-order valence-electron chi connectivity index (χ2n) is 11.6. The monoisotopic (exact) mass is 592 g/mol. The van der Waals surface area contributed by atoms with Crippen molar-refractivity contribution < 1.29 is 10.2 Å². The van der Waals surface area contributed by atoms with Gasteiger partial charge in [-0.1, -0.05) is 109 Å². The van der Waals surface area contributed by atoms with Gasteiger partial charge in [0.15, 0.2) is 0 Å². The van der Waals surface area contributed by atoms with Crippen molar-refractivity contribution in [3.63, 3.8) is 0 Å². The molecule has 0 heterocycles. The number of anilines is 2. The molecular formula is C42H28N2O2. The number of nitrogens with two attached hydrogens (primary N) is 2. The summed E-state index contributed by atoms with van der Waals surface area (Å²) in [7, 11) is 0. The van der Waals surface area contributed by atoms with E-state index in [0.29, 0.717) is 22.4 Å². The third-order valence-electron chi connectivity index (χ3n) is 8.94. The second kappa shape index (κ2) is 10.6. The number of phenolic OH excluding ortho intramolecular Hbond substituents is 1. The van der Waals surface area contributed by atoms with Gasteiger partial charge in [0.25, 0.3) is 0 Å². The van der Waals surface area contributed by atoms with Gasteiger partial charge < -0.3 is 21.7 Å². The van der Waals surface area contributed by atoms with Crippen molar-refractivity contribution in [1.82, 2.24) is 0 Å². The van der Waals surface area contributed by atoms with Gasteiger partial charge in [-0.2, -0.15) is 0 Å². The van der Waals surface area contributed by atoms with E-state index in [1.807, 2.05) is 48.6 Å². The predicted molar refractivity (Wildman–Crippen MR) is 192 cm³/mol. The highest BCUT2D eigenvalue weighted by molar-refractivity contribution is 6.14. The summed E-state index contributed by atoms with van der Waals surface area (Å²) < 4.78 is 0. The van der Waals surface area contributed by atoms with Crippen LogP contribution in [0.25, 0.3) is 76.5 Å². The molecule has 0 aromatic heterocycles. The van der Waals surface area contributed by atoms with Crippen LogP contribution < -0.4 is 11.5 Å². The first-order valence-electron chi connectivity index (χ1n) is 15.0. The molecule has 8 aromatic rings. The van der Waals surface area contributed by atoms with Crippen LogP contribution in [0.2, 0.25) is 0 Å². The van der Waals surface area contributed by atoms with Crippen LogP contribution in [0, 0.1) is 12.0 Å². The number of hydrogen-bond donors (Lipinski definition) is 4. The Bertz CT molecular complexity index is 2580. The third-order valence-corrected chi connectivity index (χ3v) is 8.94. The molecule has 0 aliphatic rings. The van der Waals surface area contributed by atoms with Crippen molar-refractivity contribution >= 4 is 54.5 Å². The minimum absolute atomic E-state index is 0.0589. The van der Waals surface area contributed by atoms with Gasteiger partial charge in [0.05, 0.1) is 11.3 Å². The molecule has 0 bridgehead atoms. The topological polar surface area (TPSA) is 92.5 Å². The zero-order valence-electron chi connectivity index (χ0n) is 24.8. The summed E-state index contributed by atoms with van der Waals surface area (Å²) >= 11 is 0. The lowest BCUT2D eigenvalue weighted by molar-refractivity contribution is 0.480. The van der Waals surface area contributed by atoms with E-state index in [1.165, 1.54) is 0 Å². The van der Waals surface area contributed by atoms with Crippen LogP contribution in [-0.2, 0) is 0 Å². The number of aromatic hydroxyl groups is 1. The molecule has 8 aromatic carbocycles. The summed E-state index contributed by atoms with van der Waals surface area (Å²) in [4.78, 5) is 0. The molecule has 0 amide bonds. The second-order valence-corrected chi connectivity index (χ2v) is 11.6. The van der Waals surface area contributed by atoms with Gasteiger partial charge in [-0.25, -0.2) is 0 Å². The highest BCUT2D eigenvalue weighted by Gasteiger charge is 2.21. The van der Waals surface area contributed by atoms with E-state index in [9.17, 15) is 10.2 Å². The molecular weight excluding hydrogens is 564 g/mol. The average Bonchev–Trinajstić information content (AvgIpc) is 3.09. The maximum absolute atomic E-state index is 11.6. The van der Waals surface area contributed by atoms with Crippen molar-refractivity contribution in [1.29, 1.82) is 0 Å². The number of benzene rings is 8. The number of rotatable bonds is 3. The molecule has 0 aliphatic carbocycles. The normalized spacial score (nSPS) is 11.2. The maximum atomic E-state index is 11.6. The Morgan fingerprint density at radius 3 is 1.52 bits per heavy atom. The Kier molecular flexibility index (Phi) is 6.27. The Morgan fingerprint density at radius 1 is 0.457 bits per heavy atom. The molecule has 0 aliphatic heterocycles. The van der Waals surface area contributed by atoms with E-state index in [2.05, 4.69) is 90.8 Å². The van der Waals surface area contributed by atoms with Crippen molar-refractivity contribution in [3.05, 3.63) is 139 Å². The van der Waals surface area contributed by atoms with Crippen molar-refractivity contribution in [2.24, 2.45) is 0 Å². The van der Waals surface area contributed by atoms with Gasteiger partial charge in [0.1, 0.15) is 11.9 Å². The molecule has 0 radical (unpaired) electrons. The minimum Gasteiger partial charge on any atom is -0.505 e. The molecule has 4 heteroatoms. The maximum Gasteiger partial charge on any atom is 0.146 e. The lowest BCUT2D eigenvalue weighted by atomic mass is 9.86. The summed E-state index contributed by atoms with van der Waals surface area (Å²) in [6.45, 7) is 0. The van der Waals surface area contributed by atoms with Gasteiger partial charge in [0, 0.05) is 16.8 Å². The smallest absolute Gasteiger partial charge is 0.146 e. The van der Waals surface area contributed by atoms with Crippen molar-refractivity contribution in [3.8, 4) is 51.2 Å². The van der Waals surface area contributed by atoms with Crippen LogP contribution in [0.1, 0.15) is 5.56 Å². The van der Waals surface area contributed by atoms with E-state index in [0.717, 1.165) is 65.3 Å². The molecule has 0 unspecified atom stereocenters. The lowest BCUT2D eigenvalue weighted by Gasteiger charge is -2.19. The Labute approximate surface area is 265 Å². The number of aliphatic hydroxyl groups excluding tert-OH is 1. The Morgan fingerprint density at radius 2 is 0.957 bits per heavy atom. The van der Waals surface area contributed by atoms with E-state index in [4.69, 9.17) is 11.5 Å². The fraction of sp³-hybridized carbons (Fsp3) is 0. The van der Waals surface area contributed by atoms with Crippen LogP contribution in [-0.4, -0.2) is 10.2 Å². The van der Waals surface area contributed by atoms with E-state index in [-0.39, 0.29) is 11.4 Å². The minimum atomic E-state index is -0.0589. The zero-order valence-corrected chi connectivity index (χ0v) is 24.8. The molecule has 0 spiro atoms. The van der Waals surface area contributed by atoms with Gasteiger partial charge in [-0.05, 0) is 95.5 Å². The fourth-order valence-electron chi connectivity index (χ4n) is 6.84. The molecule has 218 valence electrons. The highest BCUT2D eigenvalue weighted by Crippen LogP contribution is 2.47. The van der Waals surface area contributed by atoms with Crippen LogP contribution >= 0.6 is 0 Å². The van der Waals surface area contributed by atoms with E-state index < -0.39 is 0 Å². The molecule has 0 saturated carbocycles. The number of hydrogen-bond acceptors (Lipinski definition) is 4. The van der Waals surface area contributed by atoms with Gasteiger partial charge >= 0.3 is 0 Å². The van der Waals surface area contributed by atoms with Gasteiger partial charge in [-0.15, -0.1) is 0 Å². The number of phenols is 1. The van der Waals surface area contributed by atoms with Gasteiger partial charge in [0.2, 0.25) is 0 Å². The molecule has 4 nitrogen and oxygen atoms in total. The van der Waals surface area contributed by atoms with Crippen LogP contribution in [0.4, 0.5) is 11.4 Å². The molecule has 0 saturated heterocycles. The Hall–Kier alpha value is -6.44. The quantitative estimate of drug-likeness (QED) is 0.0933. The fourth-order valence-corrected chi connectivity index (χ4v) is 6.84. The van der Waals surface area contributed by atoms with Crippen molar-refractivity contribution in [2.75, 3.05) is 11.5 Å². The molecule has 6 N–H and O–H groups in total. The van der Waals surface area contributed by atoms with E-state index in [1.54, 1.807) is 6.07 Å². The number of aliphatic hydroxyl groups is 1. The first-order chi connectivity index (χ1) is 22.5. The predicted octanol–water partition coefficient (Wildman–Crippen LogP) is 9.85. The lowest BCUT2D eigenvalue weighted by Crippen LogP contribution is -1.99. The summed E-state index contributed by atoms with van der Waals surface area (Å²) in [6, 6.07) is 45.2. The van der Waals surface area contributed by atoms with Crippen LogP contribution in [0.15, 0.2) is 133 Å². The highest BCUT2D eigenvalue weighted by atomic mass is 16.3. The summed E-state index contributed by atoms with van der Waals surface area (Å²) in [6.07, 6.45) is 2.04. The molecule has 0 atom stereocenters. The molecule has 8 rings (SSSR count). The molecule has 0 fully saturated rings. The summed E-state index contributed by atoms with van der Waals surface area (Å²) in [5, 5.41) is 29.3. The summed E-state index contributed by atoms with van der Waals surface area (Å²) in [5.74, 6) is 2.74. The first kappa shape index (κ1) is 27.1. The third kappa shape index (κ3) is 4.26.